The van der Waals surface area contributed by atoms with Gasteiger partial charge in [-0.25, -0.2) is 4.98 Å². The maximum Gasteiger partial charge on any atom is 0.228 e. The van der Waals surface area contributed by atoms with E-state index in [1.54, 1.807) is 0 Å². The van der Waals surface area contributed by atoms with E-state index >= 15 is 0 Å². The summed E-state index contributed by atoms with van der Waals surface area (Å²) in [7, 11) is 0. The highest BCUT2D eigenvalue weighted by atomic mass is 79.9. The molecular weight excluding hydrogens is 280 g/mol. The van der Waals surface area contributed by atoms with Crippen molar-refractivity contribution in [2.45, 2.75) is 44.6 Å². The van der Waals surface area contributed by atoms with Crippen molar-refractivity contribution in [2.24, 2.45) is 5.73 Å². The van der Waals surface area contributed by atoms with E-state index in [1.165, 1.54) is 19.3 Å². The van der Waals surface area contributed by atoms with Gasteiger partial charge in [0.2, 0.25) is 5.88 Å². The van der Waals surface area contributed by atoms with Gasteiger partial charge in [-0.1, -0.05) is 19.3 Å². The Bertz CT molecular complexity index is 389. The van der Waals surface area contributed by atoms with Gasteiger partial charge in [0.1, 0.15) is 6.61 Å². The van der Waals surface area contributed by atoms with Crippen LogP contribution in [0.1, 0.15) is 37.7 Å². The summed E-state index contributed by atoms with van der Waals surface area (Å²) < 4.78 is 6.65. The maximum atomic E-state index is 6.32. The van der Waals surface area contributed by atoms with Crippen molar-refractivity contribution < 1.29 is 4.74 Å². The molecule has 3 nitrogen and oxygen atoms in total. The second-order valence-corrected chi connectivity index (χ2v) is 5.87. The van der Waals surface area contributed by atoms with Gasteiger partial charge in [0.15, 0.2) is 0 Å². The predicted molar refractivity (Wildman–Crippen MR) is 72.2 cm³/mol. The van der Waals surface area contributed by atoms with Gasteiger partial charge in [-0.3, -0.25) is 0 Å². The van der Waals surface area contributed by atoms with Crippen LogP contribution in [-0.4, -0.2) is 17.1 Å². The Labute approximate surface area is 111 Å². The summed E-state index contributed by atoms with van der Waals surface area (Å²) in [6.07, 6.45) is 7.63. The van der Waals surface area contributed by atoms with Crippen molar-refractivity contribution in [1.82, 2.24) is 4.98 Å². The van der Waals surface area contributed by atoms with E-state index in [-0.39, 0.29) is 5.54 Å². The van der Waals surface area contributed by atoms with Gasteiger partial charge in [-0.05, 0) is 47.3 Å². The molecule has 1 aromatic rings. The monoisotopic (exact) mass is 298 g/mol. The molecular formula is C13H19BrN2O. The Hall–Kier alpha value is -0.610. The summed E-state index contributed by atoms with van der Waals surface area (Å²) in [5.41, 5.74) is 7.27. The van der Waals surface area contributed by atoms with E-state index in [9.17, 15) is 0 Å². The van der Waals surface area contributed by atoms with E-state index in [0.717, 1.165) is 22.9 Å². The Morgan fingerprint density at radius 1 is 1.41 bits per heavy atom. The molecule has 0 bridgehead atoms. The molecule has 94 valence electrons. The first-order valence-corrected chi connectivity index (χ1v) is 6.92. The summed E-state index contributed by atoms with van der Waals surface area (Å²) in [6.45, 7) is 2.56. The molecule has 0 radical (unpaired) electrons. The summed E-state index contributed by atoms with van der Waals surface area (Å²) in [5.74, 6) is 0.644. The van der Waals surface area contributed by atoms with Gasteiger partial charge in [-0.2, -0.15) is 0 Å². The average Bonchev–Trinajstić information content (AvgIpc) is 2.29. The molecule has 0 aromatic carbocycles. The zero-order chi connectivity index (χ0) is 12.3. The molecule has 2 N–H and O–H groups in total. The fourth-order valence-corrected chi connectivity index (χ4v) is 2.82. The minimum Gasteiger partial charge on any atom is -0.475 e. The van der Waals surface area contributed by atoms with Crippen LogP contribution in [0.2, 0.25) is 0 Å². The number of aromatic nitrogens is 1. The van der Waals surface area contributed by atoms with Crippen LogP contribution in [0.15, 0.2) is 16.7 Å². The van der Waals surface area contributed by atoms with Gasteiger partial charge >= 0.3 is 0 Å². The molecule has 0 amide bonds. The van der Waals surface area contributed by atoms with Gasteiger partial charge < -0.3 is 10.5 Å². The molecule has 0 unspecified atom stereocenters. The van der Waals surface area contributed by atoms with Crippen molar-refractivity contribution >= 4 is 15.9 Å². The number of rotatable bonds is 3. The van der Waals surface area contributed by atoms with Crippen molar-refractivity contribution in [2.75, 3.05) is 6.61 Å². The third kappa shape index (κ3) is 3.42. The number of nitrogens with two attached hydrogens (primary N) is 1. The predicted octanol–water partition coefficient (Wildman–Crippen LogP) is 3.19. The van der Waals surface area contributed by atoms with Crippen molar-refractivity contribution in [3.05, 3.63) is 22.3 Å². The van der Waals surface area contributed by atoms with Crippen molar-refractivity contribution in [1.29, 1.82) is 0 Å². The SMILES string of the molecule is Cc1cnc(OCC2(N)CCCCC2)c(Br)c1. The topological polar surface area (TPSA) is 48.1 Å². The van der Waals surface area contributed by atoms with Crippen LogP contribution in [-0.2, 0) is 0 Å². The first kappa shape index (κ1) is 12.8. The van der Waals surface area contributed by atoms with E-state index in [4.69, 9.17) is 10.5 Å². The number of hydrogen-bond donors (Lipinski definition) is 1. The Kier molecular flexibility index (Phi) is 4.05. The number of nitrogens with zero attached hydrogens (tertiary/aromatic N) is 1. The summed E-state index contributed by atoms with van der Waals surface area (Å²) in [4.78, 5) is 4.27. The zero-order valence-corrected chi connectivity index (χ0v) is 11.8. The first-order valence-electron chi connectivity index (χ1n) is 6.13. The highest BCUT2D eigenvalue weighted by molar-refractivity contribution is 9.10. The largest absolute Gasteiger partial charge is 0.475 e. The van der Waals surface area contributed by atoms with Crippen LogP contribution in [0.3, 0.4) is 0 Å². The summed E-state index contributed by atoms with van der Waals surface area (Å²) in [6, 6.07) is 2.01. The molecule has 1 aromatic heterocycles. The third-order valence-electron chi connectivity index (χ3n) is 3.29. The molecule has 0 atom stereocenters. The van der Waals surface area contributed by atoms with E-state index in [1.807, 2.05) is 19.2 Å². The van der Waals surface area contributed by atoms with Gasteiger partial charge in [-0.15, -0.1) is 0 Å². The van der Waals surface area contributed by atoms with Crippen LogP contribution in [0.4, 0.5) is 0 Å². The summed E-state index contributed by atoms with van der Waals surface area (Å²) >= 11 is 3.46. The van der Waals surface area contributed by atoms with Crippen LogP contribution < -0.4 is 10.5 Å². The van der Waals surface area contributed by atoms with Crippen LogP contribution in [0.25, 0.3) is 0 Å². The van der Waals surface area contributed by atoms with Gasteiger partial charge in [0, 0.05) is 6.20 Å². The molecule has 1 aliphatic carbocycles. The Balaban J connectivity index is 1.97. The fourth-order valence-electron chi connectivity index (χ4n) is 2.24. The molecule has 17 heavy (non-hydrogen) atoms. The van der Waals surface area contributed by atoms with Crippen LogP contribution >= 0.6 is 15.9 Å². The minimum atomic E-state index is -0.162. The van der Waals surface area contributed by atoms with Gasteiger partial charge in [0.25, 0.3) is 0 Å². The molecule has 4 heteroatoms. The molecule has 1 fully saturated rings. The molecule has 1 heterocycles. The molecule has 0 aliphatic heterocycles. The third-order valence-corrected chi connectivity index (χ3v) is 3.86. The van der Waals surface area contributed by atoms with Crippen molar-refractivity contribution in [3.8, 4) is 5.88 Å². The second-order valence-electron chi connectivity index (χ2n) is 5.01. The highest BCUT2D eigenvalue weighted by Gasteiger charge is 2.28. The highest BCUT2D eigenvalue weighted by Crippen LogP contribution is 2.28. The molecule has 0 saturated heterocycles. The van der Waals surface area contributed by atoms with Crippen molar-refractivity contribution in [3.63, 3.8) is 0 Å². The lowest BCUT2D eigenvalue weighted by atomic mass is 9.83. The standard InChI is InChI=1S/C13H19BrN2O/c1-10-7-11(14)12(16-8-10)17-9-13(15)5-3-2-4-6-13/h7-8H,2-6,9,15H2,1H3. The summed E-state index contributed by atoms with van der Waals surface area (Å²) in [5, 5.41) is 0. The lowest BCUT2D eigenvalue weighted by Gasteiger charge is -2.32. The molecule has 1 aliphatic rings. The lowest BCUT2D eigenvalue weighted by Crippen LogP contribution is -2.47. The fraction of sp³-hybridized carbons (Fsp3) is 0.615. The number of ether oxygens (including phenoxy) is 1. The number of halogens is 1. The minimum absolute atomic E-state index is 0.162. The molecule has 1 saturated carbocycles. The number of aryl methyl sites for hydroxylation is 1. The number of hydrogen-bond acceptors (Lipinski definition) is 3. The van der Waals surface area contributed by atoms with Gasteiger partial charge in [0.05, 0.1) is 10.0 Å². The van der Waals surface area contributed by atoms with E-state index in [2.05, 4.69) is 20.9 Å². The normalized spacial score (nSPS) is 19.0. The quantitative estimate of drug-likeness (QED) is 0.932. The Morgan fingerprint density at radius 3 is 2.76 bits per heavy atom. The Morgan fingerprint density at radius 2 is 2.12 bits per heavy atom. The molecule has 2 rings (SSSR count). The maximum absolute atomic E-state index is 6.32. The van der Waals surface area contributed by atoms with E-state index < -0.39 is 0 Å². The second kappa shape index (κ2) is 5.36. The lowest BCUT2D eigenvalue weighted by molar-refractivity contribution is 0.168. The first-order chi connectivity index (χ1) is 8.09. The van der Waals surface area contributed by atoms with Crippen LogP contribution in [0.5, 0.6) is 5.88 Å². The number of pyridine rings is 1. The molecule has 0 spiro atoms. The van der Waals surface area contributed by atoms with E-state index in [0.29, 0.717) is 12.5 Å². The zero-order valence-electron chi connectivity index (χ0n) is 10.2. The average molecular weight is 299 g/mol. The smallest absolute Gasteiger partial charge is 0.228 e. The van der Waals surface area contributed by atoms with Crippen LogP contribution in [0, 0.1) is 6.92 Å².